The van der Waals surface area contributed by atoms with Crippen LogP contribution in [-0.4, -0.2) is 37.9 Å². The largest absolute Gasteiger partial charge is 0.494 e. The summed E-state index contributed by atoms with van der Waals surface area (Å²) < 4.78 is 28.2. The molecule has 6 nitrogen and oxygen atoms in total. The van der Waals surface area contributed by atoms with E-state index in [2.05, 4.69) is 0 Å². The van der Waals surface area contributed by atoms with E-state index in [1.807, 2.05) is 0 Å². The van der Waals surface area contributed by atoms with Crippen molar-refractivity contribution in [3.05, 3.63) is 24.3 Å². The molecule has 0 spiro atoms. The molecular formula is C13H19NO5S. The lowest BCUT2D eigenvalue weighted by Gasteiger charge is -2.18. The molecule has 0 aliphatic carbocycles. The van der Waals surface area contributed by atoms with E-state index in [4.69, 9.17) is 15.6 Å². The average molecular weight is 301 g/mol. The monoisotopic (exact) mass is 301 g/mol. The van der Waals surface area contributed by atoms with Gasteiger partial charge in [-0.15, -0.1) is 0 Å². The van der Waals surface area contributed by atoms with Gasteiger partial charge in [-0.1, -0.05) is 6.07 Å². The standard InChI is InChI=1S/C13H19NO5S/c1-13(14,12(15)16)7-4-8-19-10-5-3-6-11(9-10)20(2,17)18/h3,5-6,9H,4,7-8,14H2,1-2H3,(H,15,16). The molecule has 1 rings (SSSR count). The minimum absolute atomic E-state index is 0.184. The van der Waals surface area contributed by atoms with E-state index in [9.17, 15) is 13.2 Å². The molecule has 0 aliphatic heterocycles. The fourth-order valence-corrected chi connectivity index (χ4v) is 2.19. The first-order chi connectivity index (χ1) is 9.13. The Hall–Kier alpha value is -1.60. The van der Waals surface area contributed by atoms with Crippen LogP contribution in [-0.2, 0) is 14.6 Å². The molecule has 0 aromatic heterocycles. The van der Waals surface area contributed by atoms with Crippen molar-refractivity contribution in [3.8, 4) is 5.75 Å². The van der Waals surface area contributed by atoms with Gasteiger partial charge >= 0.3 is 5.97 Å². The molecule has 0 saturated heterocycles. The van der Waals surface area contributed by atoms with Crippen molar-refractivity contribution in [1.82, 2.24) is 0 Å². The first-order valence-corrected chi connectivity index (χ1v) is 7.97. The Bertz CT molecular complexity index is 580. The maximum Gasteiger partial charge on any atom is 0.323 e. The molecule has 0 bridgehead atoms. The molecule has 0 radical (unpaired) electrons. The second-order valence-electron chi connectivity index (χ2n) is 4.92. The van der Waals surface area contributed by atoms with Gasteiger partial charge in [0.05, 0.1) is 11.5 Å². The third kappa shape index (κ3) is 4.82. The van der Waals surface area contributed by atoms with Crippen LogP contribution in [0.15, 0.2) is 29.2 Å². The zero-order chi connectivity index (χ0) is 15.4. The molecule has 1 unspecified atom stereocenters. The van der Waals surface area contributed by atoms with Gasteiger partial charge in [-0.3, -0.25) is 4.79 Å². The number of hydrogen-bond acceptors (Lipinski definition) is 5. The fraction of sp³-hybridized carbons (Fsp3) is 0.462. The summed E-state index contributed by atoms with van der Waals surface area (Å²) in [6, 6.07) is 6.17. The van der Waals surface area contributed by atoms with Crippen LogP contribution < -0.4 is 10.5 Å². The molecule has 112 valence electrons. The van der Waals surface area contributed by atoms with Gasteiger partial charge in [0.1, 0.15) is 11.3 Å². The second-order valence-corrected chi connectivity index (χ2v) is 6.94. The van der Waals surface area contributed by atoms with E-state index in [0.29, 0.717) is 12.2 Å². The maximum atomic E-state index is 11.4. The smallest absolute Gasteiger partial charge is 0.323 e. The van der Waals surface area contributed by atoms with E-state index in [1.54, 1.807) is 12.1 Å². The van der Waals surface area contributed by atoms with Crippen LogP contribution in [0.2, 0.25) is 0 Å². The number of ether oxygens (including phenoxy) is 1. The quantitative estimate of drug-likeness (QED) is 0.729. The SMILES string of the molecule is CC(N)(CCCOc1cccc(S(C)(=O)=O)c1)C(=O)O. The van der Waals surface area contributed by atoms with Gasteiger partial charge in [0.2, 0.25) is 0 Å². The highest BCUT2D eigenvalue weighted by molar-refractivity contribution is 7.90. The summed E-state index contributed by atoms with van der Waals surface area (Å²) >= 11 is 0. The van der Waals surface area contributed by atoms with E-state index < -0.39 is 21.3 Å². The van der Waals surface area contributed by atoms with Crippen LogP contribution in [0.5, 0.6) is 5.75 Å². The molecular weight excluding hydrogens is 282 g/mol. The average Bonchev–Trinajstić information content (AvgIpc) is 2.34. The van der Waals surface area contributed by atoms with Gasteiger partial charge < -0.3 is 15.6 Å². The topological polar surface area (TPSA) is 107 Å². The van der Waals surface area contributed by atoms with E-state index in [-0.39, 0.29) is 17.9 Å². The number of aliphatic carboxylic acids is 1. The van der Waals surface area contributed by atoms with Gasteiger partial charge in [0.25, 0.3) is 0 Å². The molecule has 7 heteroatoms. The molecule has 1 atom stereocenters. The second kappa shape index (κ2) is 6.23. The van der Waals surface area contributed by atoms with Crippen molar-refractivity contribution in [2.75, 3.05) is 12.9 Å². The van der Waals surface area contributed by atoms with Crippen molar-refractivity contribution in [2.45, 2.75) is 30.2 Å². The molecule has 20 heavy (non-hydrogen) atoms. The lowest BCUT2D eigenvalue weighted by Crippen LogP contribution is -2.44. The van der Waals surface area contributed by atoms with Crippen molar-refractivity contribution >= 4 is 15.8 Å². The number of carbonyl (C=O) groups is 1. The maximum absolute atomic E-state index is 11.4. The third-order valence-electron chi connectivity index (χ3n) is 2.83. The van der Waals surface area contributed by atoms with Crippen LogP contribution in [0.1, 0.15) is 19.8 Å². The molecule has 0 heterocycles. The summed E-state index contributed by atoms with van der Waals surface area (Å²) in [4.78, 5) is 11.0. The number of hydrogen-bond donors (Lipinski definition) is 2. The Morgan fingerprint density at radius 3 is 2.65 bits per heavy atom. The van der Waals surface area contributed by atoms with Crippen LogP contribution in [0.25, 0.3) is 0 Å². The minimum atomic E-state index is -3.27. The van der Waals surface area contributed by atoms with Gasteiger partial charge in [0.15, 0.2) is 9.84 Å². The van der Waals surface area contributed by atoms with Crippen molar-refractivity contribution < 1.29 is 23.1 Å². The number of rotatable bonds is 7. The number of nitrogens with two attached hydrogens (primary N) is 1. The Morgan fingerprint density at radius 2 is 2.10 bits per heavy atom. The van der Waals surface area contributed by atoms with Crippen molar-refractivity contribution in [3.63, 3.8) is 0 Å². The molecule has 3 N–H and O–H groups in total. The Labute approximate surface area is 118 Å². The van der Waals surface area contributed by atoms with E-state index in [1.165, 1.54) is 19.1 Å². The summed E-state index contributed by atoms with van der Waals surface area (Å²) in [5.41, 5.74) is 4.31. The van der Waals surface area contributed by atoms with Crippen LogP contribution in [0, 0.1) is 0 Å². The summed E-state index contributed by atoms with van der Waals surface area (Å²) in [7, 11) is -3.27. The summed E-state index contributed by atoms with van der Waals surface area (Å²) in [6.07, 6.45) is 1.86. The predicted molar refractivity (Wildman–Crippen MR) is 74.5 cm³/mol. The first kappa shape index (κ1) is 16.5. The minimum Gasteiger partial charge on any atom is -0.494 e. The highest BCUT2D eigenvalue weighted by atomic mass is 32.2. The summed E-state index contributed by atoms with van der Waals surface area (Å²) in [6.45, 7) is 1.72. The van der Waals surface area contributed by atoms with Crippen molar-refractivity contribution in [2.24, 2.45) is 5.73 Å². The summed E-state index contributed by atoms with van der Waals surface area (Å²) in [5, 5.41) is 8.85. The van der Waals surface area contributed by atoms with Gasteiger partial charge in [-0.05, 0) is 38.0 Å². The van der Waals surface area contributed by atoms with E-state index >= 15 is 0 Å². The van der Waals surface area contributed by atoms with Gasteiger partial charge in [-0.2, -0.15) is 0 Å². The zero-order valence-electron chi connectivity index (χ0n) is 11.5. The highest BCUT2D eigenvalue weighted by Gasteiger charge is 2.26. The molecule has 0 saturated carbocycles. The molecule has 1 aromatic rings. The fourth-order valence-electron chi connectivity index (χ4n) is 1.53. The van der Waals surface area contributed by atoms with Crippen LogP contribution in [0.4, 0.5) is 0 Å². The van der Waals surface area contributed by atoms with Crippen LogP contribution >= 0.6 is 0 Å². The Morgan fingerprint density at radius 1 is 1.45 bits per heavy atom. The Kier molecular flexibility index (Phi) is 5.13. The normalized spacial score (nSPS) is 14.6. The molecule has 1 aromatic carbocycles. The number of carboxylic acid groups (broad SMARTS) is 1. The van der Waals surface area contributed by atoms with E-state index in [0.717, 1.165) is 6.26 Å². The lowest BCUT2D eigenvalue weighted by molar-refractivity contribution is -0.143. The first-order valence-electron chi connectivity index (χ1n) is 6.08. The summed E-state index contributed by atoms with van der Waals surface area (Å²) in [5.74, 6) is -0.626. The Balaban J connectivity index is 2.54. The molecule has 0 amide bonds. The van der Waals surface area contributed by atoms with Crippen molar-refractivity contribution in [1.29, 1.82) is 0 Å². The highest BCUT2D eigenvalue weighted by Crippen LogP contribution is 2.18. The lowest BCUT2D eigenvalue weighted by atomic mass is 9.98. The molecule has 0 fully saturated rings. The van der Waals surface area contributed by atoms with Gasteiger partial charge in [-0.25, -0.2) is 8.42 Å². The predicted octanol–water partition coefficient (Wildman–Crippen LogP) is 1.05. The molecule has 0 aliphatic rings. The number of carboxylic acids is 1. The number of sulfone groups is 1. The van der Waals surface area contributed by atoms with Crippen LogP contribution in [0.3, 0.4) is 0 Å². The zero-order valence-corrected chi connectivity index (χ0v) is 12.3. The van der Waals surface area contributed by atoms with Gasteiger partial charge in [0, 0.05) is 6.26 Å². The third-order valence-corrected chi connectivity index (χ3v) is 3.94. The number of benzene rings is 1.